The van der Waals surface area contributed by atoms with Gasteiger partial charge in [0.1, 0.15) is 11.3 Å². The lowest BCUT2D eigenvalue weighted by Gasteiger charge is -2.35. The van der Waals surface area contributed by atoms with Gasteiger partial charge in [0, 0.05) is 62.3 Å². The fourth-order valence-electron chi connectivity index (χ4n) is 10.6. The van der Waals surface area contributed by atoms with Gasteiger partial charge in [-0.25, -0.2) is 9.97 Å². The highest BCUT2D eigenvalue weighted by Crippen LogP contribution is 2.42. The van der Waals surface area contributed by atoms with Crippen LogP contribution < -0.4 is 20.7 Å². The average Bonchev–Trinajstić information content (AvgIpc) is 4.07. The topological polar surface area (TPSA) is 40.0 Å². The molecule has 0 aliphatic rings. The van der Waals surface area contributed by atoms with Gasteiger partial charge in [-0.1, -0.05) is 146 Å². The molecule has 0 bridgehead atoms. The van der Waals surface area contributed by atoms with E-state index in [-0.39, 0.29) is 0 Å². The monoisotopic (exact) mass is 807 g/mol. The molecule has 0 saturated heterocycles. The van der Waals surface area contributed by atoms with Crippen molar-refractivity contribution in [1.82, 2.24) is 23.5 Å². The van der Waals surface area contributed by atoms with Gasteiger partial charge in [-0.05, 0) is 86.8 Å². The number of pyridine rings is 2. The Labute approximate surface area is 358 Å². The Morgan fingerprint density at radius 2 is 0.903 bits per heavy atom. The van der Waals surface area contributed by atoms with E-state index in [0.29, 0.717) is 0 Å². The van der Waals surface area contributed by atoms with Crippen molar-refractivity contribution in [3.8, 4) is 11.4 Å². The molecule has 6 heteroatoms. The van der Waals surface area contributed by atoms with Gasteiger partial charge in [0.2, 0.25) is 0 Å². The van der Waals surface area contributed by atoms with Crippen molar-refractivity contribution < 1.29 is 0 Å². The van der Waals surface area contributed by atoms with Gasteiger partial charge in [0.05, 0.1) is 22.1 Å². The van der Waals surface area contributed by atoms with Gasteiger partial charge >= 0.3 is 0 Å². The van der Waals surface area contributed by atoms with Crippen molar-refractivity contribution in [1.29, 1.82) is 0 Å². The van der Waals surface area contributed by atoms with E-state index in [1.54, 1.807) is 0 Å². The molecule has 0 N–H and O–H groups in total. The normalized spacial score (nSPS) is 12.2. The number of hydrogen-bond acceptors (Lipinski definition) is 2. The minimum absolute atomic E-state index is 0.940. The molecule has 62 heavy (non-hydrogen) atoms. The third kappa shape index (κ3) is 4.84. The number of nitrogens with zero attached hydrogens (tertiary/aromatic N) is 5. The molecular weight excluding hydrogens is 771 g/mol. The molecule has 0 saturated carbocycles. The predicted molar refractivity (Wildman–Crippen MR) is 260 cm³/mol. The maximum atomic E-state index is 5.15. The average molecular weight is 808 g/mol. The maximum absolute atomic E-state index is 5.15. The molecule has 13 aromatic rings. The van der Waals surface area contributed by atoms with E-state index in [1.165, 1.54) is 58.7 Å². The summed E-state index contributed by atoms with van der Waals surface area (Å²) in [5.41, 5.74) is 8.78. The predicted octanol–water partition coefficient (Wildman–Crippen LogP) is 10.6. The number of rotatable bonds is 6. The number of para-hydroxylation sites is 3. The van der Waals surface area contributed by atoms with Crippen molar-refractivity contribution in [3.63, 3.8) is 0 Å². The number of benzene rings is 8. The van der Waals surface area contributed by atoms with Crippen LogP contribution in [0.3, 0.4) is 0 Å². The highest BCUT2D eigenvalue weighted by molar-refractivity contribution is 7.20. The summed E-state index contributed by atoms with van der Waals surface area (Å²) in [4.78, 5) is 10.1. The minimum Gasteiger partial charge on any atom is -0.309 e. The van der Waals surface area contributed by atoms with Crippen LogP contribution in [-0.2, 0) is 0 Å². The molecule has 0 unspecified atom stereocenters. The first kappa shape index (κ1) is 34.8. The summed E-state index contributed by atoms with van der Waals surface area (Å²) in [5, 5.41) is 13.6. The summed E-state index contributed by atoms with van der Waals surface area (Å²) in [7, 11) is -3.02. The number of hydrogen-bond donors (Lipinski definition) is 0. The second-order valence-corrected chi connectivity index (χ2v) is 20.0. The second-order valence-electron chi connectivity index (χ2n) is 16.2. The van der Waals surface area contributed by atoms with Gasteiger partial charge < -0.3 is 4.57 Å². The Kier molecular flexibility index (Phi) is 7.56. The van der Waals surface area contributed by atoms with Gasteiger partial charge in [-0.15, -0.1) is 0 Å². The van der Waals surface area contributed by atoms with E-state index < -0.39 is 8.07 Å². The van der Waals surface area contributed by atoms with Crippen LogP contribution in [0.4, 0.5) is 0 Å². The van der Waals surface area contributed by atoms with Gasteiger partial charge in [0.15, 0.2) is 8.07 Å². The van der Waals surface area contributed by atoms with Gasteiger partial charge in [-0.3, -0.25) is 8.97 Å². The molecule has 8 aromatic carbocycles. The quantitative estimate of drug-likeness (QED) is 0.0954. The van der Waals surface area contributed by atoms with Crippen molar-refractivity contribution >= 4 is 99.9 Å². The van der Waals surface area contributed by atoms with Gasteiger partial charge in [-0.2, -0.15) is 0 Å². The molecule has 0 aliphatic heterocycles. The molecule has 0 atom stereocenters. The Morgan fingerprint density at radius 3 is 1.68 bits per heavy atom. The van der Waals surface area contributed by atoms with Crippen LogP contribution in [0.5, 0.6) is 0 Å². The fourth-order valence-corrected chi connectivity index (χ4v) is 15.4. The van der Waals surface area contributed by atoms with E-state index >= 15 is 0 Å². The Balaban J connectivity index is 1.12. The standard InChI is InChI=1S/C56H37N5Si/c1-4-16-38(17-5-1)60-50-28-13-11-25-46(50)53-51(60)31-32-52-54(53)47-26-15-33-57-56(47)61(52)39-18-14-23-42(36-39)62(40-19-6-2-7-20-40,41-21-8-3-9-22-41)43-29-30-44-45-24-10-12-27-49(45)59-35-34-58-55(59)48(44)37-43/h1-37H. The smallest absolute Gasteiger partial charge is 0.179 e. The molecular formula is C56H37N5Si. The first-order valence-corrected chi connectivity index (χ1v) is 23.2. The molecule has 0 fully saturated rings. The van der Waals surface area contributed by atoms with Crippen LogP contribution in [0.2, 0.25) is 0 Å². The molecule has 0 spiro atoms. The number of imidazole rings is 1. The van der Waals surface area contributed by atoms with Crippen LogP contribution >= 0.6 is 0 Å². The van der Waals surface area contributed by atoms with E-state index in [0.717, 1.165) is 44.5 Å². The van der Waals surface area contributed by atoms with E-state index in [1.807, 2.05) is 12.4 Å². The molecule has 0 amide bonds. The zero-order chi connectivity index (χ0) is 40.8. The number of fused-ring (bicyclic) bond motifs is 13. The SMILES string of the molecule is c1ccc(-n2c3ccccc3c3c4c5cccnc5n(-c5cccc([Si](c6ccccc6)(c6ccccc6)c6ccc7c8ccccc8n8ccnc8c7c6)c5)c4ccc32)cc1. The lowest BCUT2D eigenvalue weighted by atomic mass is 10.1. The first-order valence-electron chi connectivity index (χ1n) is 21.2. The van der Waals surface area contributed by atoms with Crippen molar-refractivity contribution in [2.24, 2.45) is 0 Å². The summed E-state index contributed by atoms with van der Waals surface area (Å²) in [6.45, 7) is 0. The molecule has 5 aromatic heterocycles. The van der Waals surface area contributed by atoms with Crippen molar-refractivity contribution in [3.05, 3.63) is 225 Å². The second kappa shape index (κ2) is 13.5. The van der Waals surface area contributed by atoms with E-state index in [9.17, 15) is 0 Å². The zero-order valence-electron chi connectivity index (χ0n) is 33.6. The van der Waals surface area contributed by atoms with Crippen LogP contribution in [0.25, 0.3) is 82.4 Å². The molecule has 5 nitrogen and oxygen atoms in total. The lowest BCUT2D eigenvalue weighted by Crippen LogP contribution is -2.74. The highest BCUT2D eigenvalue weighted by Gasteiger charge is 2.42. The van der Waals surface area contributed by atoms with Crippen LogP contribution in [0, 0.1) is 0 Å². The number of aromatic nitrogens is 5. The van der Waals surface area contributed by atoms with E-state index in [4.69, 9.17) is 9.97 Å². The summed E-state index contributed by atoms with van der Waals surface area (Å²) in [6.07, 6.45) is 5.93. The summed E-state index contributed by atoms with van der Waals surface area (Å²) < 4.78 is 7.02. The third-order valence-corrected chi connectivity index (χ3v) is 17.8. The van der Waals surface area contributed by atoms with Gasteiger partial charge in [0.25, 0.3) is 0 Å². The van der Waals surface area contributed by atoms with E-state index in [2.05, 4.69) is 226 Å². The molecule has 13 rings (SSSR count). The lowest BCUT2D eigenvalue weighted by molar-refractivity contribution is 1.14. The summed E-state index contributed by atoms with van der Waals surface area (Å²) in [5.74, 6) is 0. The first-order chi connectivity index (χ1) is 30.8. The zero-order valence-corrected chi connectivity index (χ0v) is 34.6. The Morgan fingerprint density at radius 1 is 0.323 bits per heavy atom. The van der Waals surface area contributed by atoms with Crippen molar-refractivity contribution in [2.75, 3.05) is 0 Å². The van der Waals surface area contributed by atoms with Crippen LogP contribution in [0.15, 0.2) is 225 Å². The molecule has 0 radical (unpaired) electrons. The summed E-state index contributed by atoms with van der Waals surface area (Å²) >= 11 is 0. The molecule has 0 aliphatic carbocycles. The Hall–Kier alpha value is -8.06. The minimum atomic E-state index is -3.02. The van der Waals surface area contributed by atoms with Crippen molar-refractivity contribution in [2.45, 2.75) is 0 Å². The largest absolute Gasteiger partial charge is 0.309 e. The fraction of sp³-hybridized carbons (Fsp3) is 0. The van der Waals surface area contributed by atoms with Crippen LogP contribution in [0.1, 0.15) is 0 Å². The van der Waals surface area contributed by atoms with Crippen LogP contribution in [-0.4, -0.2) is 31.6 Å². The maximum Gasteiger partial charge on any atom is 0.179 e. The Bertz CT molecular complexity index is 3830. The summed E-state index contributed by atoms with van der Waals surface area (Å²) in [6, 6.07) is 75.9. The third-order valence-electron chi connectivity index (χ3n) is 13.1. The highest BCUT2D eigenvalue weighted by atomic mass is 28.3. The molecule has 290 valence electrons. The molecule has 5 heterocycles.